The second-order valence-electron chi connectivity index (χ2n) is 4.78. The van der Waals surface area contributed by atoms with Crippen molar-refractivity contribution in [3.05, 3.63) is 23.9 Å². The molecule has 0 atom stereocenters. The Kier molecular flexibility index (Phi) is 4.82. The minimum Gasteiger partial charge on any atom is -0.395 e. The lowest BCUT2D eigenvalue weighted by molar-refractivity contribution is -0.137. The minimum atomic E-state index is -4.39. The standard InChI is InChI=1S/C13H18F3N3O/c14-13(15,16)11-3-1-4-17-12(11)19-6-2-5-18(7-8-19)9-10-20/h1,3-4,20H,2,5-10H2. The minimum absolute atomic E-state index is 0.00542. The molecule has 0 saturated carbocycles. The van der Waals surface area contributed by atoms with Gasteiger partial charge in [-0.3, -0.25) is 4.90 Å². The Morgan fingerprint density at radius 1 is 1.20 bits per heavy atom. The number of β-amino-alcohol motifs (C(OH)–C–C–N with tert-alkyl or cyclic N) is 1. The van der Waals surface area contributed by atoms with Crippen molar-refractivity contribution in [3.8, 4) is 0 Å². The number of nitrogens with zero attached hydrogens (tertiary/aromatic N) is 3. The summed E-state index contributed by atoms with van der Waals surface area (Å²) in [6, 6.07) is 2.38. The molecular formula is C13H18F3N3O. The van der Waals surface area contributed by atoms with Gasteiger partial charge in [0.05, 0.1) is 12.2 Å². The van der Waals surface area contributed by atoms with Crippen molar-refractivity contribution in [3.63, 3.8) is 0 Å². The molecule has 1 aliphatic heterocycles. The fourth-order valence-corrected chi connectivity index (χ4v) is 2.42. The molecule has 1 N–H and O–H groups in total. The van der Waals surface area contributed by atoms with Crippen LogP contribution in [-0.4, -0.2) is 54.3 Å². The van der Waals surface area contributed by atoms with E-state index in [0.717, 1.165) is 19.0 Å². The topological polar surface area (TPSA) is 39.6 Å². The Morgan fingerprint density at radius 3 is 2.70 bits per heavy atom. The zero-order valence-corrected chi connectivity index (χ0v) is 11.1. The second kappa shape index (κ2) is 6.41. The molecule has 20 heavy (non-hydrogen) atoms. The summed E-state index contributed by atoms with van der Waals surface area (Å²) in [7, 11) is 0. The molecule has 1 fully saturated rings. The number of hydrogen-bond donors (Lipinski definition) is 1. The Hall–Kier alpha value is -1.34. The van der Waals surface area contributed by atoms with E-state index in [0.29, 0.717) is 26.2 Å². The van der Waals surface area contributed by atoms with E-state index in [4.69, 9.17) is 5.11 Å². The van der Waals surface area contributed by atoms with Crippen LogP contribution in [0.25, 0.3) is 0 Å². The Balaban J connectivity index is 2.16. The number of halogens is 3. The summed E-state index contributed by atoms with van der Waals surface area (Å²) in [5, 5.41) is 8.93. The van der Waals surface area contributed by atoms with Gasteiger partial charge in [0.1, 0.15) is 5.82 Å². The summed E-state index contributed by atoms with van der Waals surface area (Å²) in [5.41, 5.74) is -0.685. The third kappa shape index (κ3) is 3.61. The second-order valence-corrected chi connectivity index (χ2v) is 4.78. The van der Waals surface area contributed by atoms with Gasteiger partial charge in [-0.05, 0) is 25.1 Å². The van der Waals surface area contributed by atoms with Crippen LogP contribution in [0, 0.1) is 0 Å². The zero-order chi connectivity index (χ0) is 14.6. The zero-order valence-electron chi connectivity index (χ0n) is 11.1. The van der Waals surface area contributed by atoms with Gasteiger partial charge in [-0.2, -0.15) is 13.2 Å². The van der Waals surface area contributed by atoms with E-state index in [1.165, 1.54) is 12.3 Å². The predicted octanol–water partition coefficient (Wildman–Crippen LogP) is 1.60. The highest BCUT2D eigenvalue weighted by molar-refractivity contribution is 5.48. The molecule has 1 aliphatic rings. The third-order valence-electron chi connectivity index (χ3n) is 3.40. The number of pyridine rings is 1. The molecule has 0 amide bonds. The highest BCUT2D eigenvalue weighted by Crippen LogP contribution is 2.35. The summed E-state index contributed by atoms with van der Waals surface area (Å²) in [4.78, 5) is 7.65. The molecule has 0 aliphatic carbocycles. The summed E-state index contributed by atoms with van der Waals surface area (Å²) in [6.07, 6.45) is -2.24. The lowest BCUT2D eigenvalue weighted by atomic mass is 10.2. The van der Waals surface area contributed by atoms with Crippen LogP contribution < -0.4 is 4.90 Å². The lowest BCUT2D eigenvalue weighted by Crippen LogP contribution is -2.33. The maximum absolute atomic E-state index is 13.0. The first kappa shape index (κ1) is 15.1. The van der Waals surface area contributed by atoms with E-state index in [1.54, 1.807) is 4.90 Å². The van der Waals surface area contributed by atoms with Gasteiger partial charge in [0.15, 0.2) is 0 Å². The van der Waals surface area contributed by atoms with Crippen LogP contribution in [0.5, 0.6) is 0 Å². The van der Waals surface area contributed by atoms with Gasteiger partial charge in [0.2, 0.25) is 0 Å². The average Bonchev–Trinajstić information content (AvgIpc) is 2.64. The van der Waals surface area contributed by atoms with Crippen LogP contribution in [0.1, 0.15) is 12.0 Å². The van der Waals surface area contributed by atoms with E-state index in [9.17, 15) is 13.2 Å². The van der Waals surface area contributed by atoms with Crippen molar-refractivity contribution in [2.45, 2.75) is 12.6 Å². The van der Waals surface area contributed by atoms with E-state index in [1.807, 2.05) is 0 Å². The average molecular weight is 289 g/mol. The number of anilines is 1. The first-order chi connectivity index (χ1) is 9.52. The maximum atomic E-state index is 13.0. The number of aromatic nitrogens is 1. The van der Waals surface area contributed by atoms with Crippen molar-refractivity contribution in [1.82, 2.24) is 9.88 Å². The van der Waals surface area contributed by atoms with Gasteiger partial charge < -0.3 is 10.0 Å². The maximum Gasteiger partial charge on any atom is 0.419 e. The van der Waals surface area contributed by atoms with Crippen molar-refractivity contribution < 1.29 is 18.3 Å². The number of rotatable bonds is 3. The molecule has 2 heterocycles. The molecule has 1 aromatic rings. The summed E-state index contributed by atoms with van der Waals surface area (Å²) < 4.78 is 39.0. The fourth-order valence-electron chi connectivity index (χ4n) is 2.42. The Labute approximate surface area is 115 Å². The number of aliphatic hydroxyl groups excluding tert-OH is 1. The quantitative estimate of drug-likeness (QED) is 0.917. The molecule has 0 unspecified atom stereocenters. The van der Waals surface area contributed by atoms with Crippen molar-refractivity contribution >= 4 is 5.82 Å². The summed E-state index contributed by atoms with van der Waals surface area (Å²) in [5.74, 6) is 0.00542. The van der Waals surface area contributed by atoms with Gasteiger partial charge in [0, 0.05) is 32.4 Å². The molecule has 1 saturated heterocycles. The molecular weight excluding hydrogens is 271 g/mol. The van der Waals surface area contributed by atoms with Crippen LogP contribution in [0.3, 0.4) is 0 Å². The van der Waals surface area contributed by atoms with Crippen LogP contribution in [0.15, 0.2) is 18.3 Å². The first-order valence-corrected chi connectivity index (χ1v) is 6.63. The van der Waals surface area contributed by atoms with Crippen molar-refractivity contribution in [2.75, 3.05) is 44.2 Å². The van der Waals surface area contributed by atoms with E-state index >= 15 is 0 Å². The fraction of sp³-hybridized carbons (Fsp3) is 0.615. The largest absolute Gasteiger partial charge is 0.419 e. The van der Waals surface area contributed by atoms with Crippen LogP contribution in [-0.2, 0) is 6.18 Å². The molecule has 0 spiro atoms. The molecule has 1 aromatic heterocycles. The van der Waals surface area contributed by atoms with Crippen molar-refractivity contribution in [2.24, 2.45) is 0 Å². The van der Waals surface area contributed by atoms with E-state index < -0.39 is 11.7 Å². The molecule has 0 aromatic carbocycles. The van der Waals surface area contributed by atoms with Gasteiger partial charge in [-0.15, -0.1) is 0 Å². The molecule has 4 nitrogen and oxygen atoms in total. The Morgan fingerprint density at radius 2 is 2.00 bits per heavy atom. The highest BCUT2D eigenvalue weighted by atomic mass is 19.4. The van der Waals surface area contributed by atoms with Crippen molar-refractivity contribution in [1.29, 1.82) is 0 Å². The van der Waals surface area contributed by atoms with Gasteiger partial charge in [-0.1, -0.05) is 0 Å². The molecule has 0 bridgehead atoms. The molecule has 7 heteroatoms. The van der Waals surface area contributed by atoms with E-state index in [2.05, 4.69) is 9.88 Å². The smallest absolute Gasteiger partial charge is 0.395 e. The monoisotopic (exact) mass is 289 g/mol. The summed E-state index contributed by atoms with van der Waals surface area (Å²) in [6.45, 7) is 3.07. The van der Waals surface area contributed by atoms with Crippen LogP contribution in [0.4, 0.5) is 19.0 Å². The normalized spacial score (nSPS) is 18.1. The third-order valence-corrected chi connectivity index (χ3v) is 3.40. The van der Waals surface area contributed by atoms with Crippen LogP contribution >= 0.6 is 0 Å². The lowest BCUT2D eigenvalue weighted by Gasteiger charge is -2.25. The predicted molar refractivity (Wildman–Crippen MR) is 69.6 cm³/mol. The number of alkyl halides is 3. The van der Waals surface area contributed by atoms with E-state index in [-0.39, 0.29) is 12.4 Å². The van der Waals surface area contributed by atoms with Gasteiger partial charge in [-0.25, -0.2) is 4.98 Å². The molecule has 0 radical (unpaired) electrons. The number of aliphatic hydroxyl groups is 1. The molecule has 112 valence electrons. The number of hydrogen-bond acceptors (Lipinski definition) is 4. The first-order valence-electron chi connectivity index (χ1n) is 6.63. The molecule has 2 rings (SSSR count). The highest BCUT2D eigenvalue weighted by Gasteiger charge is 2.35. The van der Waals surface area contributed by atoms with Crippen LogP contribution in [0.2, 0.25) is 0 Å². The Bertz CT molecular complexity index is 439. The SMILES string of the molecule is OCCN1CCCN(c2ncccc2C(F)(F)F)CC1. The van der Waals surface area contributed by atoms with Gasteiger partial charge in [0.25, 0.3) is 0 Å². The summed E-state index contributed by atoms with van der Waals surface area (Å²) >= 11 is 0. The van der Waals surface area contributed by atoms with Gasteiger partial charge >= 0.3 is 6.18 Å².